The Balaban J connectivity index is 1.57. The summed E-state index contributed by atoms with van der Waals surface area (Å²) >= 11 is 0. The second kappa shape index (κ2) is 8.25. The number of hydrogen-bond donors (Lipinski definition) is 3. The standard InChI is InChI=1S/C17H25N7O3S/c1-12-10-18-6-4-14(12)19-7-8-20-17(25)16-13-5-9-24(11-15(13)21-22-16)28(26,27)23(2)3/h4,6,10H,5,7-9,11H2,1-3H3,(H,18,19)(H,20,25)(H,21,22). The molecule has 11 heteroatoms. The van der Waals surface area contributed by atoms with Gasteiger partial charge in [0.15, 0.2) is 5.69 Å². The molecular weight excluding hydrogens is 382 g/mol. The first-order chi connectivity index (χ1) is 13.3. The number of hydrogen-bond acceptors (Lipinski definition) is 6. The van der Waals surface area contributed by atoms with Crippen LogP contribution in [-0.2, 0) is 23.2 Å². The Morgan fingerprint density at radius 2 is 2.14 bits per heavy atom. The van der Waals surface area contributed by atoms with E-state index in [4.69, 9.17) is 0 Å². The smallest absolute Gasteiger partial charge is 0.281 e. The van der Waals surface area contributed by atoms with E-state index in [1.165, 1.54) is 22.7 Å². The third-order valence-electron chi connectivity index (χ3n) is 4.65. The van der Waals surface area contributed by atoms with Crippen LogP contribution in [0.15, 0.2) is 18.5 Å². The van der Waals surface area contributed by atoms with Crippen LogP contribution in [0, 0.1) is 6.92 Å². The van der Waals surface area contributed by atoms with Crippen LogP contribution in [-0.4, -0.2) is 71.8 Å². The van der Waals surface area contributed by atoms with Gasteiger partial charge in [0.05, 0.1) is 12.2 Å². The van der Waals surface area contributed by atoms with Gasteiger partial charge in [-0.15, -0.1) is 0 Å². The Labute approximate surface area is 164 Å². The van der Waals surface area contributed by atoms with E-state index in [-0.39, 0.29) is 12.5 Å². The number of aromatic nitrogens is 3. The monoisotopic (exact) mass is 407 g/mol. The summed E-state index contributed by atoms with van der Waals surface area (Å²) in [5.41, 5.74) is 3.78. The van der Waals surface area contributed by atoms with Gasteiger partial charge in [-0.2, -0.15) is 22.1 Å². The summed E-state index contributed by atoms with van der Waals surface area (Å²) in [6, 6.07) is 1.88. The minimum absolute atomic E-state index is 0.180. The predicted octanol–water partition coefficient (Wildman–Crippen LogP) is 0.120. The average Bonchev–Trinajstić information content (AvgIpc) is 3.09. The van der Waals surface area contributed by atoms with Crippen LogP contribution >= 0.6 is 0 Å². The summed E-state index contributed by atoms with van der Waals surface area (Å²) in [5, 5.41) is 13.0. The summed E-state index contributed by atoms with van der Waals surface area (Å²) in [7, 11) is -0.499. The highest BCUT2D eigenvalue weighted by Crippen LogP contribution is 2.23. The van der Waals surface area contributed by atoms with Crippen molar-refractivity contribution in [3.8, 4) is 0 Å². The molecule has 0 fully saturated rings. The third-order valence-corrected chi connectivity index (χ3v) is 6.53. The minimum Gasteiger partial charge on any atom is -0.383 e. The highest BCUT2D eigenvalue weighted by Gasteiger charge is 2.32. The van der Waals surface area contributed by atoms with Gasteiger partial charge in [-0.05, 0) is 25.0 Å². The van der Waals surface area contributed by atoms with E-state index in [0.717, 1.165) is 16.8 Å². The molecule has 0 bridgehead atoms. The highest BCUT2D eigenvalue weighted by atomic mass is 32.2. The minimum atomic E-state index is -3.50. The lowest BCUT2D eigenvalue weighted by molar-refractivity contribution is 0.0949. The van der Waals surface area contributed by atoms with Gasteiger partial charge >= 0.3 is 0 Å². The van der Waals surface area contributed by atoms with Crippen molar-refractivity contribution in [1.29, 1.82) is 0 Å². The van der Waals surface area contributed by atoms with Crippen LogP contribution in [0.1, 0.15) is 27.3 Å². The first-order valence-corrected chi connectivity index (χ1v) is 10.4. The molecule has 0 radical (unpaired) electrons. The van der Waals surface area contributed by atoms with E-state index in [0.29, 0.717) is 37.4 Å². The highest BCUT2D eigenvalue weighted by molar-refractivity contribution is 7.86. The zero-order valence-corrected chi connectivity index (χ0v) is 17.0. The number of carbonyl (C=O) groups is 1. The molecule has 0 saturated carbocycles. The van der Waals surface area contributed by atoms with Crippen molar-refractivity contribution < 1.29 is 13.2 Å². The van der Waals surface area contributed by atoms with Gasteiger partial charge in [-0.3, -0.25) is 14.9 Å². The van der Waals surface area contributed by atoms with E-state index >= 15 is 0 Å². The molecular formula is C17H25N7O3S. The maximum atomic E-state index is 12.5. The number of carbonyl (C=O) groups excluding carboxylic acids is 1. The summed E-state index contributed by atoms with van der Waals surface area (Å²) in [6.07, 6.45) is 3.93. The molecule has 152 valence electrons. The fourth-order valence-corrected chi connectivity index (χ4v) is 4.11. The summed E-state index contributed by atoms with van der Waals surface area (Å²) in [5.74, 6) is -0.269. The number of aromatic amines is 1. The zero-order chi connectivity index (χ0) is 20.3. The molecule has 2 aromatic heterocycles. The largest absolute Gasteiger partial charge is 0.383 e. The van der Waals surface area contributed by atoms with Crippen molar-refractivity contribution >= 4 is 21.8 Å². The lowest BCUT2D eigenvalue weighted by atomic mass is 10.1. The number of anilines is 1. The van der Waals surface area contributed by atoms with Gasteiger partial charge in [-0.1, -0.05) is 0 Å². The molecule has 10 nitrogen and oxygen atoms in total. The number of aryl methyl sites for hydroxylation is 1. The summed E-state index contributed by atoms with van der Waals surface area (Å²) in [6.45, 7) is 3.46. The van der Waals surface area contributed by atoms with E-state index in [2.05, 4.69) is 25.8 Å². The van der Waals surface area contributed by atoms with Crippen molar-refractivity contribution in [2.24, 2.45) is 0 Å². The molecule has 0 atom stereocenters. The van der Waals surface area contributed by atoms with Crippen molar-refractivity contribution in [3.63, 3.8) is 0 Å². The third kappa shape index (κ3) is 4.16. The molecule has 28 heavy (non-hydrogen) atoms. The lowest BCUT2D eigenvalue weighted by Gasteiger charge is -2.28. The molecule has 3 N–H and O–H groups in total. The van der Waals surface area contributed by atoms with Crippen molar-refractivity contribution in [2.75, 3.05) is 39.0 Å². The molecule has 1 amide bonds. The van der Waals surface area contributed by atoms with Gasteiger partial charge < -0.3 is 10.6 Å². The zero-order valence-electron chi connectivity index (χ0n) is 16.2. The topological polar surface area (TPSA) is 123 Å². The second-order valence-corrected chi connectivity index (χ2v) is 8.92. The van der Waals surface area contributed by atoms with Crippen LogP contribution in [0.3, 0.4) is 0 Å². The normalized spacial score (nSPS) is 14.7. The Morgan fingerprint density at radius 1 is 1.36 bits per heavy atom. The molecule has 0 aromatic carbocycles. The van der Waals surface area contributed by atoms with Crippen molar-refractivity contribution in [3.05, 3.63) is 41.0 Å². The Hall–Kier alpha value is -2.50. The number of H-pyrrole nitrogens is 1. The molecule has 0 saturated heterocycles. The molecule has 3 rings (SSSR count). The predicted molar refractivity (Wildman–Crippen MR) is 105 cm³/mol. The number of amides is 1. The fourth-order valence-electron chi connectivity index (χ4n) is 3.04. The number of nitrogens with zero attached hydrogens (tertiary/aromatic N) is 4. The molecule has 0 aliphatic carbocycles. The average molecular weight is 408 g/mol. The molecule has 2 aromatic rings. The van der Waals surface area contributed by atoms with Crippen LogP contribution in [0.2, 0.25) is 0 Å². The van der Waals surface area contributed by atoms with Crippen LogP contribution in [0.25, 0.3) is 0 Å². The van der Waals surface area contributed by atoms with Gasteiger partial charge in [0, 0.05) is 57.4 Å². The Bertz CT molecular complexity index is 955. The quantitative estimate of drug-likeness (QED) is 0.560. The molecule has 0 unspecified atom stereocenters. The van der Waals surface area contributed by atoms with Crippen LogP contribution < -0.4 is 10.6 Å². The van der Waals surface area contributed by atoms with Crippen molar-refractivity contribution in [1.82, 2.24) is 29.1 Å². The van der Waals surface area contributed by atoms with E-state index in [1.807, 2.05) is 13.0 Å². The fraction of sp³-hybridized carbons (Fsp3) is 0.471. The van der Waals surface area contributed by atoms with E-state index < -0.39 is 10.2 Å². The maximum absolute atomic E-state index is 12.5. The molecule has 3 heterocycles. The summed E-state index contributed by atoms with van der Waals surface area (Å²) in [4.78, 5) is 16.5. The van der Waals surface area contributed by atoms with Gasteiger partial charge in [0.1, 0.15) is 0 Å². The van der Waals surface area contributed by atoms with Crippen molar-refractivity contribution in [2.45, 2.75) is 19.9 Å². The maximum Gasteiger partial charge on any atom is 0.281 e. The van der Waals surface area contributed by atoms with Gasteiger partial charge in [0.2, 0.25) is 0 Å². The second-order valence-electron chi connectivity index (χ2n) is 6.78. The van der Waals surface area contributed by atoms with E-state index in [1.54, 1.807) is 12.4 Å². The SMILES string of the molecule is Cc1cnccc1NCCNC(=O)c1n[nH]c2c1CCN(S(=O)(=O)N(C)C)C2. The summed E-state index contributed by atoms with van der Waals surface area (Å²) < 4.78 is 27.1. The molecule has 1 aliphatic rings. The van der Waals surface area contributed by atoms with Crippen LogP contribution in [0.5, 0.6) is 0 Å². The first kappa shape index (κ1) is 20.2. The van der Waals surface area contributed by atoms with Gasteiger partial charge in [0.25, 0.3) is 16.1 Å². The lowest BCUT2D eigenvalue weighted by Crippen LogP contribution is -2.43. The number of fused-ring (bicyclic) bond motifs is 1. The number of nitrogens with one attached hydrogen (secondary N) is 3. The Kier molecular flexibility index (Phi) is 5.96. The molecule has 0 spiro atoms. The number of pyridine rings is 1. The number of rotatable bonds is 7. The van der Waals surface area contributed by atoms with Crippen LogP contribution in [0.4, 0.5) is 5.69 Å². The molecule has 1 aliphatic heterocycles. The van der Waals surface area contributed by atoms with E-state index in [9.17, 15) is 13.2 Å². The van der Waals surface area contributed by atoms with Gasteiger partial charge in [-0.25, -0.2) is 0 Å². The first-order valence-electron chi connectivity index (χ1n) is 8.97. The Morgan fingerprint density at radius 3 is 2.86 bits per heavy atom.